The highest BCUT2D eigenvalue weighted by atomic mass is 16.6. The molecule has 0 atom stereocenters. The topological polar surface area (TPSA) is 104 Å². The Morgan fingerprint density at radius 2 is 1.84 bits per heavy atom. The second kappa shape index (κ2) is 5.29. The van der Waals surface area contributed by atoms with Gasteiger partial charge >= 0.3 is 12.1 Å². The molecule has 19 heavy (non-hydrogen) atoms. The lowest BCUT2D eigenvalue weighted by Crippen LogP contribution is -2.43. The zero-order valence-corrected chi connectivity index (χ0v) is 11.1. The van der Waals surface area contributed by atoms with Crippen LogP contribution in [-0.4, -0.2) is 51.6 Å². The number of likely N-dealkylation sites (tertiary alicyclic amines) is 1. The Kier molecular flexibility index (Phi) is 4.18. The first-order valence-electron chi connectivity index (χ1n) is 5.78. The van der Waals surface area contributed by atoms with E-state index in [2.05, 4.69) is 0 Å². The summed E-state index contributed by atoms with van der Waals surface area (Å²) in [6.45, 7) is 4.98. The van der Waals surface area contributed by atoms with E-state index in [1.807, 2.05) is 0 Å². The highest BCUT2D eigenvalue weighted by molar-refractivity contribution is 6.03. The monoisotopic (exact) mass is 271 g/mol. The van der Waals surface area contributed by atoms with Gasteiger partial charge in [-0.05, 0) is 20.8 Å². The van der Waals surface area contributed by atoms with Crippen LogP contribution in [0.3, 0.4) is 0 Å². The highest BCUT2D eigenvalue weighted by Crippen LogP contribution is 2.18. The average molecular weight is 271 g/mol. The fourth-order valence-corrected chi connectivity index (χ4v) is 1.56. The average Bonchev–Trinajstić information content (AvgIpc) is 2.26. The van der Waals surface area contributed by atoms with Crippen LogP contribution in [0.4, 0.5) is 4.79 Å². The minimum Gasteiger partial charge on any atom is -0.502 e. The number of carboxylic acids is 1. The van der Waals surface area contributed by atoms with Crippen LogP contribution in [0.1, 0.15) is 27.2 Å². The quantitative estimate of drug-likeness (QED) is 0.546. The Morgan fingerprint density at radius 3 is 2.32 bits per heavy atom. The first-order valence-corrected chi connectivity index (χ1v) is 5.78. The lowest BCUT2D eigenvalue weighted by atomic mass is 10.0. The van der Waals surface area contributed by atoms with Crippen molar-refractivity contribution in [2.75, 3.05) is 13.1 Å². The van der Waals surface area contributed by atoms with E-state index in [0.717, 1.165) is 0 Å². The van der Waals surface area contributed by atoms with E-state index in [4.69, 9.17) is 9.84 Å². The Balaban J connectivity index is 2.87. The fraction of sp³-hybridized carbons (Fsp3) is 0.583. The van der Waals surface area contributed by atoms with Gasteiger partial charge in [-0.25, -0.2) is 9.59 Å². The van der Waals surface area contributed by atoms with Crippen molar-refractivity contribution in [1.29, 1.82) is 0 Å². The van der Waals surface area contributed by atoms with Crippen LogP contribution < -0.4 is 0 Å². The number of carbonyl (C=O) groups excluding carboxylic acids is 2. The molecule has 0 aromatic rings. The number of hydrogen-bond acceptors (Lipinski definition) is 5. The molecule has 0 radical (unpaired) electrons. The predicted molar refractivity (Wildman–Crippen MR) is 64.7 cm³/mol. The number of aliphatic hydroxyl groups excluding tert-OH is 1. The summed E-state index contributed by atoms with van der Waals surface area (Å²) < 4.78 is 5.13. The smallest absolute Gasteiger partial charge is 0.410 e. The van der Waals surface area contributed by atoms with Gasteiger partial charge in [0.05, 0.1) is 12.1 Å². The molecule has 1 rings (SSSR count). The SMILES string of the molecule is CC(C)(C)OC(=O)N1CCC(=O)/C(=C(\O)C(=O)O)C1. The molecular formula is C12H17NO6. The van der Waals surface area contributed by atoms with Crippen LogP contribution in [0.25, 0.3) is 0 Å². The molecule has 1 aliphatic rings. The van der Waals surface area contributed by atoms with Gasteiger partial charge in [0.15, 0.2) is 5.78 Å². The Bertz CT molecular complexity index is 446. The number of carbonyl (C=O) groups is 3. The van der Waals surface area contributed by atoms with Crippen molar-refractivity contribution in [3.05, 3.63) is 11.3 Å². The van der Waals surface area contributed by atoms with E-state index in [0.29, 0.717) is 0 Å². The van der Waals surface area contributed by atoms with E-state index < -0.39 is 29.2 Å². The minimum atomic E-state index is -1.59. The summed E-state index contributed by atoms with van der Waals surface area (Å²) in [6.07, 6.45) is -0.679. The van der Waals surface area contributed by atoms with Crippen LogP contribution in [0.15, 0.2) is 11.3 Å². The molecule has 0 unspecified atom stereocenters. The molecule has 0 aliphatic carbocycles. The normalized spacial score (nSPS) is 19.1. The zero-order chi connectivity index (χ0) is 14.8. The molecule has 0 spiro atoms. The van der Waals surface area contributed by atoms with Crippen molar-refractivity contribution in [3.8, 4) is 0 Å². The number of nitrogens with zero attached hydrogens (tertiary/aromatic N) is 1. The molecule has 1 fully saturated rings. The van der Waals surface area contributed by atoms with Gasteiger partial charge in [0, 0.05) is 13.0 Å². The number of amides is 1. The van der Waals surface area contributed by atoms with E-state index in [9.17, 15) is 19.5 Å². The summed E-state index contributed by atoms with van der Waals surface area (Å²) >= 11 is 0. The fourth-order valence-electron chi connectivity index (χ4n) is 1.56. The standard InChI is InChI=1S/C12H17NO6/c1-12(2,3)19-11(18)13-5-4-8(14)7(6-13)9(15)10(16)17/h15H,4-6H2,1-3H3,(H,16,17)/b9-7-. The number of ether oxygens (including phenoxy) is 1. The molecule has 7 heteroatoms. The summed E-state index contributed by atoms with van der Waals surface area (Å²) in [7, 11) is 0. The van der Waals surface area contributed by atoms with Crippen molar-refractivity contribution >= 4 is 17.8 Å². The van der Waals surface area contributed by atoms with Crippen molar-refractivity contribution in [2.24, 2.45) is 0 Å². The highest BCUT2D eigenvalue weighted by Gasteiger charge is 2.31. The molecule has 1 heterocycles. The summed E-state index contributed by atoms with van der Waals surface area (Å²) in [5.74, 6) is -3.08. The third kappa shape index (κ3) is 3.97. The molecule has 0 bridgehead atoms. The summed E-state index contributed by atoms with van der Waals surface area (Å²) in [5, 5.41) is 18.0. The molecule has 1 amide bonds. The van der Waals surface area contributed by atoms with Crippen molar-refractivity contribution in [2.45, 2.75) is 32.8 Å². The first kappa shape index (κ1) is 15.0. The molecule has 0 aromatic carbocycles. The van der Waals surface area contributed by atoms with Crippen molar-refractivity contribution in [1.82, 2.24) is 4.90 Å². The molecule has 1 saturated heterocycles. The van der Waals surface area contributed by atoms with E-state index in [1.165, 1.54) is 4.90 Å². The second-order valence-corrected chi connectivity index (χ2v) is 5.21. The summed E-state index contributed by atoms with van der Waals surface area (Å²) in [4.78, 5) is 35.2. The first-order chi connectivity index (χ1) is 8.61. The molecular weight excluding hydrogens is 254 g/mol. The van der Waals surface area contributed by atoms with Gasteiger partial charge in [-0.2, -0.15) is 0 Å². The number of aliphatic carboxylic acids is 1. The number of Topliss-reactive ketones (excluding diaryl/α,β-unsaturated/α-hetero) is 1. The van der Waals surface area contributed by atoms with Gasteiger partial charge in [-0.1, -0.05) is 0 Å². The predicted octanol–water partition coefficient (Wildman–Crippen LogP) is 1.09. The van der Waals surface area contributed by atoms with Crippen LogP contribution in [0.5, 0.6) is 0 Å². The second-order valence-electron chi connectivity index (χ2n) is 5.21. The molecule has 106 valence electrons. The molecule has 0 saturated carbocycles. The van der Waals surface area contributed by atoms with Gasteiger partial charge in [0.1, 0.15) is 5.60 Å². The Hall–Kier alpha value is -2.05. The summed E-state index contributed by atoms with van der Waals surface area (Å²) in [5.41, 5.74) is -0.957. The van der Waals surface area contributed by atoms with E-state index >= 15 is 0 Å². The maximum Gasteiger partial charge on any atom is 0.410 e. The maximum absolute atomic E-state index is 11.8. The van der Waals surface area contributed by atoms with Crippen LogP contribution >= 0.6 is 0 Å². The maximum atomic E-state index is 11.8. The van der Waals surface area contributed by atoms with Gasteiger partial charge in [0.25, 0.3) is 0 Å². The molecule has 7 nitrogen and oxygen atoms in total. The van der Waals surface area contributed by atoms with Crippen molar-refractivity contribution in [3.63, 3.8) is 0 Å². The Morgan fingerprint density at radius 1 is 1.26 bits per heavy atom. The molecule has 0 aromatic heterocycles. The number of piperidine rings is 1. The van der Waals surface area contributed by atoms with Crippen LogP contribution in [-0.2, 0) is 14.3 Å². The van der Waals surface area contributed by atoms with Crippen LogP contribution in [0, 0.1) is 0 Å². The molecule has 1 aliphatic heterocycles. The Labute approximate surface area is 110 Å². The van der Waals surface area contributed by atoms with Crippen LogP contribution in [0.2, 0.25) is 0 Å². The largest absolute Gasteiger partial charge is 0.502 e. The molecule has 2 N–H and O–H groups in total. The third-order valence-electron chi connectivity index (χ3n) is 2.43. The van der Waals surface area contributed by atoms with Crippen molar-refractivity contribution < 1.29 is 29.3 Å². The lowest BCUT2D eigenvalue weighted by Gasteiger charge is -2.30. The lowest BCUT2D eigenvalue weighted by molar-refractivity contribution is -0.136. The number of aliphatic hydroxyl groups is 1. The van der Waals surface area contributed by atoms with E-state index in [-0.39, 0.29) is 25.1 Å². The number of ketones is 1. The zero-order valence-electron chi connectivity index (χ0n) is 11.1. The minimum absolute atomic E-state index is 0.0358. The number of hydrogen-bond donors (Lipinski definition) is 2. The summed E-state index contributed by atoms with van der Waals surface area (Å²) in [6, 6.07) is 0. The number of rotatable bonds is 1. The van der Waals surface area contributed by atoms with Gasteiger partial charge < -0.3 is 19.8 Å². The third-order valence-corrected chi connectivity index (χ3v) is 2.43. The number of carboxylic acid groups (broad SMARTS) is 1. The van der Waals surface area contributed by atoms with Gasteiger partial charge in [-0.3, -0.25) is 4.79 Å². The van der Waals surface area contributed by atoms with E-state index in [1.54, 1.807) is 20.8 Å². The van der Waals surface area contributed by atoms with Gasteiger partial charge in [0.2, 0.25) is 5.76 Å². The van der Waals surface area contributed by atoms with Gasteiger partial charge in [-0.15, -0.1) is 0 Å².